The number of hydrogen-bond acceptors (Lipinski definition) is 0. The fourth-order valence-electron chi connectivity index (χ4n) is 1.85. The zero-order chi connectivity index (χ0) is 7.07. The minimum absolute atomic E-state index is 0.624. The van der Waals surface area contributed by atoms with Crippen LogP contribution in [-0.4, -0.2) is 0 Å². The number of rotatable bonds is 0. The Bertz CT molecular complexity index is 103. The zero-order valence-corrected chi connectivity index (χ0v) is 7.07. The van der Waals surface area contributed by atoms with E-state index in [0.717, 1.165) is 11.8 Å². The van der Waals surface area contributed by atoms with Gasteiger partial charge in [0, 0.05) is 0 Å². The second-order valence-electron chi connectivity index (χ2n) is 4.29. The van der Waals surface area contributed by atoms with Gasteiger partial charge in [-0.3, -0.25) is 0 Å². The molecule has 0 unspecified atom stereocenters. The molecule has 0 heterocycles. The highest BCUT2D eigenvalue weighted by molar-refractivity contribution is 4.85. The highest BCUT2D eigenvalue weighted by Gasteiger charge is 2.35. The molecule has 0 nitrogen and oxygen atoms in total. The highest BCUT2D eigenvalue weighted by Crippen LogP contribution is 2.45. The van der Waals surface area contributed by atoms with Crippen molar-refractivity contribution in [2.45, 2.75) is 40.5 Å². The van der Waals surface area contributed by atoms with Crippen LogP contribution < -0.4 is 0 Å². The summed E-state index contributed by atoms with van der Waals surface area (Å²) >= 11 is 0. The van der Waals surface area contributed by atoms with Crippen molar-refractivity contribution in [3.8, 4) is 0 Å². The van der Waals surface area contributed by atoms with Crippen molar-refractivity contribution >= 4 is 0 Å². The minimum Gasteiger partial charge on any atom is -0.0622 e. The second kappa shape index (κ2) is 2.00. The molecule has 1 saturated carbocycles. The predicted molar refractivity (Wildman–Crippen MR) is 41.3 cm³/mol. The quantitative estimate of drug-likeness (QED) is 0.468. The maximum absolute atomic E-state index is 2.39. The molecule has 0 N–H and O–H groups in total. The van der Waals surface area contributed by atoms with Gasteiger partial charge in [-0.05, 0) is 30.1 Å². The molecule has 0 bridgehead atoms. The monoisotopic (exact) mass is 126 g/mol. The van der Waals surface area contributed by atoms with Crippen LogP contribution in [0.25, 0.3) is 0 Å². The van der Waals surface area contributed by atoms with Gasteiger partial charge in [0.05, 0.1) is 0 Å². The van der Waals surface area contributed by atoms with Gasteiger partial charge in [-0.25, -0.2) is 0 Å². The van der Waals surface area contributed by atoms with Crippen molar-refractivity contribution in [3.63, 3.8) is 0 Å². The van der Waals surface area contributed by atoms with Crippen LogP contribution in [0.15, 0.2) is 0 Å². The van der Waals surface area contributed by atoms with E-state index in [4.69, 9.17) is 0 Å². The van der Waals surface area contributed by atoms with Crippen LogP contribution >= 0.6 is 0 Å². The second-order valence-corrected chi connectivity index (χ2v) is 4.29. The first-order chi connectivity index (χ1) is 4.04. The van der Waals surface area contributed by atoms with Crippen LogP contribution in [0.1, 0.15) is 40.5 Å². The topological polar surface area (TPSA) is 0 Å². The molecule has 0 spiro atoms. The molecule has 0 saturated heterocycles. The highest BCUT2D eigenvalue weighted by atomic mass is 14.4. The maximum atomic E-state index is 2.39. The Morgan fingerprint density at radius 1 is 1.22 bits per heavy atom. The fourth-order valence-corrected chi connectivity index (χ4v) is 1.85. The van der Waals surface area contributed by atoms with Crippen molar-refractivity contribution in [1.29, 1.82) is 0 Å². The lowest BCUT2D eigenvalue weighted by Gasteiger charge is -2.25. The summed E-state index contributed by atoms with van der Waals surface area (Å²) in [6.45, 7) is 9.54. The Morgan fingerprint density at radius 2 is 1.78 bits per heavy atom. The first-order valence-electron chi connectivity index (χ1n) is 4.04. The third-order valence-corrected chi connectivity index (χ3v) is 3.33. The zero-order valence-electron chi connectivity index (χ0n) is 7.07. The third kappa shape index (κ3) is 1.12. The van der Waals surface area contributed by atoms with Crippen molar-refractivity contribution in [3.05, 3.63) is 0 Å². The maximum Gasteiger partial charge on any atom is -0.0326 e. The summed E-state index contributed by atoms with van der Waals surface area (Å²) in [5.41, 5.74) is 0.624. The van der Waals surface area contributed by atoms with Crippen molar-refractivity contribution in [2.24, 2.45) is 17.3 Å². The molecule has 0 amide bonds. The van der Waals surface area contributed by atoms with Gasteiger partial charge in [0.15, 0.2) is 0 Å². The normalized spacial score (nSPS) is 41.3. The van der Waals surface area contributed by atoms with Gasteiger partial charge in [-0.15, -0.1) is 0 Å². The molecule has 2 atom stereocenters. The first-order valence-corrected chi connectivity index (χ1v) is 4.04. The molecule has 9 heavy (non-hydrogen) atoms. The third-order valence-electron chi connectivity index (χ3n) is 3.33. The molecule has 1 rings (SSSR count). The Kier molecular flexibility index (Phi) is 1.58. The summed E-state index contributed by atoms with van der Waals surface area (Å²) < 4.78 is 0. The minimum atomic E-state index is 0.624. The SMILES string of the molecule is C[C@@H]1CCC(C)(C)[C@H]1C. The van der Waals surface area contributed by atoms with Gasteiger partial charge in [-0.1, -0.05) is 27.7 Å². The molecular formula is C9H18. The van der Waals surface area contributed by atoms with Crippen LogP contribution in [0.3, 0.4) is 0 Å². The van der Waals surface area contributed by atoms with E-state index < -0.39 is 0 Å². The van der Waals surface area contributed by atoms with Crippen LogP contribution in [0, 0.1) is 17.3 Å². The van der Waals surface area contributed by atoms with E-state index in [0.29, 0.717) is 5.41 Å². The van der Waals surface area contributed by atoms with Crippen molar-refractivity contribution in [1.82, 2.24) is 0 Å². The van der Waals surface area contributed by atoms with E-state index in [1.165, 1.54) is 12.8 Å². The van der Waals surface area contributed by atoms with Crippen LogP contribution in [0.4, 0.5) is 0 Å². The molecular weight excluding hydrogens is 108 g/mol. The molecule has 1 aliphatic carbocycles. The fraction of sp³-hybridized carbons (Fsp3) is 1.00. The molecule has 0 aromatic carbocycles. The van der Waals surface area contributed by atoms with Crippen molar-refractivity contribution in [2.75, 3.05) is 0 Å². The Balaban J connectivity index is 2.62. The van der Waals surface area contributed by atoms with E-state index in [1.54, 1.807) is 0 Å². The van der Waals surface area contributed by atoms with Gasteiger partial charge in [0.25, 0.3) is 0 Å². The molecule has 0 radical (unpaired) electrons. The standard InChI is InChI=1S/C9H18/c1-7-5-6-9(3,4)8(7)2/h7-8H,5-6H2,1-4H3/t7-,8+/m1/s1. The van der Waals surface area contributed by atoms with E-state index >= 15 is 0 Å². The summed E-state index contributed by atoms with van der Waals surface area (Å²) in [7, 11) is 0. The lowest BCUT2D eigenvalue weighted by molar-refractivity contribution is 0.248. The molecule has 54 valence electrons. The van der Waals surface area contributed by atoms with E-state index in [2.05, 4.69) is 27.7 Å². The molecule has 0 aromatic heterocycles. The summed E-state index contributed by atoms with van der Waals surface area (Å²) in [6.07, 6.45) is 2.86. The van der Waals surface area contributed by atoms with Gasteiger partial charge in [-0.2, -0.15) is 0 Å². The average molecular weight is 126 g/mol. The van der Waals surface area contributed by atoms with Crippen LogP contribution in [0.5, 0.6) is 0 Å². The molecule has 0 aromatic rings. The molecule has 0 aliphatic heterocycles. The average Bonchev–Trinajstić information content (AvgIpc) is 1.97. The van der Waals surface area contributed by atoms with Crippen molar-refractivity contribution < 1.29 is 0 Å². The summed E-state index contributed by atoms with van der Waals surface area (Å²) in [5, 5.41) is 0. The van der Waals surface area contributed by atoms with Gasteiger partial charge < -0.3 is 0 Å². The van der Waals surface area contributed by atoms with Gasteiger partial charge in [0.1, 0.15) is 0 Å². The number of hydrogen-bond donors (Lipinski definition) is 0. The Hall–Kier alpha value is 0. The van der Waals surface area contributed by atoms with E-state index in [9.17, 15) is 0 Å². The van der Waals surface area contributed by atoms with Gasteiger partial charge in [0.2, 0.25) is 0 Å². The largest absolute Gasteiger partial charge is 0.0622 e. The first kappa shape index (κ1) is 7.11. The van der Waals surface area contributed by atoms with Crippen LogP contribution in [0.2, 0.25) is 0 Å². The Morgan fingerprint density at radius 3 is 1.89 bits per heavy atom. The molecule has 0 heteroatoms. The lowest BCUT2D eigenvalue weighted by atomic mass is 9.81. The summed E-state index contributed by atoms with van der Waals surface area (Å²) in [5.74, 6) is 1.89. The smallest absolute Gasteiger partial charge is 0.0326 e. The predicted octanol–water partition coefficient (Wildman–Crippen LogP) is 3.08. The lowest BCUT2D eigenvalue weighted by Crippen LogP contribution is -2.17. The van der Waals surface area contributed by atoms with Gasteiger partial charge >= 0.3 is 0 Å². The van der Waals surface area contributed by atoms with Crippen LogP contribution in [-0.2, 0) is 0 Å². The summed E-state index contributed by atoms with van der Waals surface area (Å²) in [4.78, 5) is 0. The summed E-state index contributed by atoms with van der Waals surface area (Å²) in [6, 6.07) is 0. The van der Waals surface area contributed by atoms with E-state index in [1.807, 2.05) is 0 Å². The van der Waals surface area contributed by atoms with E-state index in [-0.39, 0.29) is 0 Å². The molecule has 1 fully saturated rings. The molecule has 1 aliphatic rings. The Labute approximate surface area is 58.7 Å².